The molecular weight excluding hydrogens is 339 g/mol. The fourth-order valence-electron chi connectivity index (χ4n) is 3.04. The highest BCUT2D eigenvalue weighted by atomic mass is 32.1. The van der Waals surface area contributed by atoms with Gasteiger partial charge in [-0.2, -0.15) is 5.26 Å². The summed E-state index contributed by atoms with van der Waals surface area (Å²) in [5, 5.41) is 14.3. The Morgan fingerprint density at radius 1 is 1.32 bits per heavy atom. The van der Waals surface area contributed by atoms with E-state index in [1.807, 2.05) is 6.92 Å². The lowest BCUT2D eigenvalue weighted by molar-refractivity contribution is -0.914. The van der Waals surface area contributed by atoms with Gasteiger partial charge in [0.2, 0.25) is 0 Å². The predicted octanol–water partition coefficient (Wildman–Crippen LogP) is 1.49. The van der Waals surface area contributed by atoms with Crippen LogP contribution in [0, 0.1) is 17.1 Å². The minimum Gasteiger partial charge on any atom is -0.360 e. The molecule has 0 spiro atoms. The summed E-state index contributed by atoms with van der Waals surface area (Å²) in [5.41, 5.74) is 1.51. The van der Waals surface area contributed by atoms with Gasteiger partial charge in [-0.25, -0.2) is 4.39 Å². The number of benzene rings is 1. The molecule has 3 rings (SSSR count). The number of nitrogens with one attached hydrogen (secondary N) is 2. The van der Waals surface area contributed by atoms with E-state index < -0.39 is 0 Å². The van der Waals surface area contributed by atoms with Crippen molar-refractivity contribution in [3.63, 3.8) is 0 Å². The Bertz CT molecular complexity index is 775. The van der Waals surface area contributed by atoms with Crippen LogP contribution in [0.2, 0.25) is 0 Å². The zero-order valence-corrected chi connectivity index (χ0v) is 14.8. The topological polar surface area (TPSA) is 60.6 Å². The van der Waals surface area contributed by atoms with Crippen molar-refractivity contribution in [3.8, 4) is 6.07 Å². The molecule has 1 aromatic carbocycles. The van der Waals surface area contributed by atoms with E-state index in [2.05, 4.69) is 16.3 Å². The summed E-state index contributed by atoms with van der Waals surface area (Å²) in [7, 11) is 0. The van der Waals surface area contributed by atoms with Gasteiger partial charge in [-0.15, -0.1) is 11.3 Å². The molecule has 1 saturated heterocycles. The van der Waals surface area contributed by atoms with Gasteiger partial charge in [-0.3, -0.25) is 4.79 Å². The van der Waals surface area contributed by atoms with Gasteiger partial charge in [-0.1, -0.05) is 0 Å². The van der Waals surface area contributed by atoms with E-state index in [1.54, 1.807) is 23.6 Å². The van der Waals surface area contributed by atoms with Crippen molar-refractivity contribution in [2.75, 3.05) is 36.4 Å². The van der Waals surface area contributed by atoms with E-state index in [-0.39, 0.29) is 17.8 Å². The van der Waals surface area contributed by atoms with Crippen molar-refractivity contribution in [2.45, 2.75) is 13.0 Å². The summed E-state index contributed by atoms with van der Waals surface area (Å²) < 4.78 is 13.0. The van der Waals surface area contributed by atoms with E-state index in [9.17, 15) is 9.18 Å². The second-order valence-electron chi connectivity index (χ2n) is 6.11. The minimum absolute atomic E-state index is 0.0656. The Morgan fingerprint density at radius 2 is 2.00 bits per heavy atom. The summed E-state index contributed by atoms with van der Waals surface area (Å²) in [5.74, 6) is -0.298. The highest BCUT2D eigenvalue weighted by Gasteiger charge is 2.29. The smallest absolute Gasteiger partial charge is 0.283 e. The first kappa shape index (κ1) is 17.4. The molecule has 5 nitrogen and oxygen atoms in total. The van der Waals surface area contributed by atoms with Gasteiger partial charge < -0.3 is 15.1 Å². The van der Waals surface area contributed by atoms with Gasteiger partial charge in [-0.05, 0) is 42.6 Å². The second kappa shape index (κ2) is 7.64. The van der Waals surface area contributed by atoms with Crippen molar-refractivity contribution in [3.05, 3.63) is 47.1 Å². The molecule has 0 unspecified atom stereocenters. The number of piperazine rings is 1. The van der Waals surface area contributed by atoms with Crippen molar-refractivity contribution in [1.82, 2.24) is 0 Å². The first-order chi connectivity index (χ1) is 12.1. The Labute approximate surface area is 150 Å². The van der Waals surface area contributed by atoms with Crippen molar-refractivity contribution >= 4 is 27.9 Å². The maximum absolute atomic E-state index is 13.0. The van der Waals surface area contributed by atoms with Gasteiger partial charge >= 0.3 is 0 Å². The fourth-order valence-corrected chi connectivity index (χ4v) is 3.78. The number of carbonyl (C=O) groups is 1. The van der Waals surface area contributed by atoms with Gasteiger partial charge in [0.25, 0.3) is 5.91 Å². The third-order valence-electron chi connectivity index (χ3n) is 4.63. The van der Waals surface area contributed by atoms with Crippen LogP contribution in [0.5, 0.6) is 0 Å². The first-order valence-corrected chi connectivity index (χ1v) is 9.10. The summed E-state index contributed by atoms with van der Waals surface area (Å²) >= 11 is 1.36. The molecule has 2 heterocycles. The average Bonchev–Trinajstić information content (AvgIpc) is 3.09. The number of thiophene rings is 1. The van der Waals surface area contributed by atoms with E-state index in [4.69, 9.17) is 5.26 Å². The molecule has 1 amide bonds. The fraction of sp³-hybridized carbons (Fsp3) is 0.333. The van der Waals surface area contributed by atoms with Crippen LogP contribution in [0.3, 0.4) is 0 Å². The number of halogens is 1. The van der Waals surface area contributed by atoms with Crippen molar-refractivity contribution in [1.29, 1.82) is 5.26 Å². The standard InChI is InChI=1S/C18H19FN4OS/c1-13(17(24)21-18-14(12-20)6-11-25-18)22-7-9-23(10-8-22)16-4-2-15(19)3-5-16/h2-6,11,13H,7-10H2,1H3,(H,21,24)/p+1/t13-/m0/s1. The lowest BCUT2D eigenvalue weighted by Gasteiger charge is -2.36. The predicted molar refractivity (Wildman–Crippen MR) is 96.4 cm³/mol. The summed E-state index contributed by atoms with van der Waals surface area (Å²) in [6.45, 7) is 5.23. The largest absolute Gasteiger partial charge is 0.360 e. The van der Waals surface area contributed by atoms with Crippen LogP contribution in [-0.4, -0.2) is 38.1 Å². The third-order valence-corrected chi connectivity index (χ3v) is 5.46. The molecule has 2 aromatic rings. The highest BCUT2D eigenvalue weighted by Crippen LogP contribution is 2.22. The normalized spacial score (nSPS) is 16.3. The number of quaternary nitrogens is 1. The third kappa shape index (κ3) is 3.98. The monoisotopic (exact) mass is 359 g/mol. The van der Waals surface area contributed by atoms with Crippen molar-refractivity contribution < 1.29 is 14.1 Å². The number of hydrogen-bond acceptors (Lipinski definition) is 4. The Morgan fingerprint density at radius 3 is 2.64 bits per heavy atom. The summed E-state index contributed by atoms with van der Waals surface area (Å²) in [6.07, 6.45) is 0. The molecule has 130 valence electrons. The number of nitriles is 1. The number of anilines is 2. The number of carbonyl (C=O) groups excluding carboxylic acids is 1. The van der Waals surface area contributed by atoms with E-state index in [1.165, 1.54) is 28.4 Å². The van der Waals surface area contributed by atoms with Gasteiger partial charge in [0.05, 0.1) is 31.7 Å². The molecule has 7 heteroatoms. The summed E-state index contributed by atoms with van der Waals surface area (Å²) in [4.78, 5) is 15.9. The average molecular weight is 359 g/mol. The number of hydrogen-bond donors (Lipinski definition) is 2. The SMILES string of the molecule is C[C@@H](C(=O)Nc1sccc1C#N)[NH+]1CCN(c2ccc(F)cc2)CC1. The van der Waals surface area contributed by atoms with Gasteiger partial charge in [0.15, 0.2) is 6.04 Å². The van der Waals surface area contributed by atoms with Crippen molar-refractivity contribution in [2.24, 2.45) is 0 Å². The van der Waals surface area contributed by atoms with Crippen LogP contribution in [0.25, 0.3) is 0 Å². The van der Waals surface area contributed by atoms with E-state index >= 15 is 0 Å². The van der Waals surface area contributed by atoms with Crippen LogP contribution < -0.4 is 15.1 Å². The van der Waals surface area contributed by atoms with Crippen LogP contribution in [0.1, 0.15) is 12.5 Å². The lowest BCUT2D eigenvalue weighted by atomic mass is 10.2. The molecule has 1 aliphatic rings. The lowest BCUT2D eigenvalue weighted by Crippen LogP contribution is -3.19. The van der Waals surface area contributed by atoms with Crippen LogP contribution >= 0.6 is 11.3 Å². The molecular formula is C18H20FN4OS+. The molecule has 25 heavy (non-hydrogen) atoms. The van der Waals surface area contributed by atoms with Crippen LogP contribution in [0.4, 0.5) is 15.1 Å². The number of amides is 1. The zero-order valence-electron chi connectivity index (χ0n) is 14.0. The van der Waals surface area contributed by atoms with Gasteiger partial charge in [0, 0.05) is 5.69 Å². The molecule has 1 fully saturated rings. The molecule has 2 N–H and O–H groups in total. The molecule has 0 bridgehead atoms. The molecule has 0 saturated carbocycles. The quantitative estimate of drug-likeness (QED) is 0.870. The van der Waals surface area contributed by atoms with Crippen LogP contribution in [-0.2, 0) is 4.79 Å². The first-order valence-electron chi connectivity index (χ1n) is 8.22. The molecule has 1 aliphatic heterocycles. The number of nitrogens with zero attached hydrogens (tertiary/aromatic N) is 2. The second-order valence-corrected chi connectivity index (χ2v) is 7.02. The molecule has 0 aliphatic carbocycles. The minimum atomic E-state index is -0.233. The Hall–Kier alpha value is -2.43. The maximum Gasteiger partial charge on any atom is 0.283 e. The zero-order chi connectivity index (χ0) is 17.8. The highest BCUT2D eigenvalue weighted by molar-refractivity contribution is 7.14. The molecule has 1 atom stereocenters. The number of rotatable bonds is 4. The van der Waals surface area contributed by atoms with Gasteiger partial charge in [0.1, 0.15) is 16.9 Å². The Kier molecular flexibility index (Phi) is 5.31. The van der Waals surface area contributed by atoms with E-state index in [0.717, 1.165) is 31.9 Å². The molecule has 1 aromatic heterocycles. The van der Waals surface area contributed by atoms with Crippen LogP contribution in [0.15, 0.2) is 35.7 Å². The summed E-state index contributed by atoms with van der Waals surface area (Å²) in [6, 6.07) is 10.1. The van der Waals surface area contributed by atoms with E-state index in [0.29, 0.717) is 10.6 Å². The Balaban J connectivity index is 1.56. The molecule has 0 radical (unpaired) electrons. The maximum atomic E-state index is 13.0.